The maximum Gasteiger partial charge on any atom is 0.161 e. The highest BCUT2D eigenvalue weighted by atomic mass is 28.3. The summed E-state index contributed by atoms with van der Waals surface area (Å²) in [5.41, 5.74) is 13.0. The van der Waals surface area contributed by atoms with Gasteiger partial charge in [0.15, 0.2) is 8.07 Å². The minimum Gasteiger partial charge on any atom is -0.0730 e. The summed E-state index contributed by atoms with van der Waals surface area (Å²) in [5.74, 6) is 1.87. The van der Waals surface area contributed by atoms with Gasteiger partial charge in [-0.15, -0.1) is 0 Å². The molecule has 1 unspecified atom stereocenters. The fourth-order valence-electron chi connectivity index (χ4n) is 7.43. The van der Waals surface area contributed by atoms with Crippen LogP contribution in [0.2, 0.25) is 5.04 Å². The summed E-state index contributed by atoms with van der Waals surface area (Å²) < 4.78 is 0. The van der Waals surface area contributed by atoms with Gasteiger partial charge in [0.25, 0.3) is 0 Å². The van der Waals surface area contributed by atoms with E-state index in [2.05, 4.69) is 158 Å². The lowest BCUT2D eigenvalue weighted by Crippen LogP contribution is -2.73. The van der Waals surface area contributed by atoms with Gasteiger partial charge in [0, 0.05) is 5.04 Å². The molecular weight excluding hydrogens is 521 g/mol. The molecule has 0 fully saturated rings. The van der Waals surface area contributed by atoms with Crippen LogP contribution in [0.3, 0.4) is 0 Å². The second-order valence-electron chi connectivity index (χ2n) is 14.8. The predicted octanol–water partition coefficient (Wildman–Crippen LogP) is 10.3. The Kier molecular flexibility index (Phi) is 9.07. The van der Waals surface area contributed by atoms with Crippen molar-refractivity contribution < 1.29 is 0 Å². The third-order valence-electron chi connectivity index (χ3n) is 10.4. The van der Waals surface area contributed by atoms with Crippen LogP contribution in [0.15, 0.2) is 77.4 Å². The van der Waals surface area contributed by atoms with E-state index in [0.29, 0.717) is 23.7 Å². The summed E-state index contributed by atoms with van der Waals surface area (Å²) in [7, 11) is -2.77. The van der Waals surface area contributed by atoms with E-state index in [9.17, 15) is 0 Å². The summed E-state index contributed by atoms with van der Waals surface area (Å²) in [6.45, 7) is 33.1. The van der Waals surface area contributed by atoms with Crippen molar-refractivity contribution in [1.82, 2.24) is 0 Å². The minimum atomic E-state index is -2.77. The van der Waals surface area contributed by atoms with E-state index in [4.69, 9.17) is 0 Å². The fourth-order valence-corrected chi connectivity index (χ4v) is 13.8. The van der Waals surface area contributed by atoms with Crippen molar-refractivity contribution in [3.8, 4) is 0 Å². The summed E-state index contributed by atoms with van der Waals surface area (Å²) in [6.07, 6.45) is 2.66. The molecule has 0 heterocycles. The van der Waals surface area contributed by atoms with Crippen LogP contribution < -0.4 is 15.6 Å². The lowest BCUT2D eigenvalue weighted by atomic mass is 9.95. The minimum absolute atomic E-state index is 0.116. The molecule has 0 saturated carbocycles. The highest BCUT2D eigenvalue weighted by molar-refractivity contribution is 7.14. The van der Waals surface area contributed by atoms with Crippen molar-refractivity contribution in [3.63, 3.8) is 0 Å². The van der Waals surface area contributed by atoms with Gasteiger partial charge in [0.05, 0.1) is 0 Å². The Morgan fingerprint density at radius 3 is 1.10 bits per heavy atom. The molecule has 3 aromatic carbocycles. The summed E-state index contributed by atoms with van der Waals surface area (Å²) in [4.78, 5) is 0. The van der Waals surface area contributed by atoms with E-state index in [1.807, 2.05) is 0 Å². The average molecular weight is 577 g/mol. The van der Waals surface area contributed by atoms with E-state index >= 15 is 0 Å². The molecular formula is C41H56Si. The van der Waals surface area contributed by atoms with E-state index in [1.54, 1.807) is 10.4 Å². The van der Waals surface area contributed by atoms with Crippen LogP contribution >= 0.6 is 0 Å². The van der Waals surface area contributed by atoms with Gasteiger partial charge in [-0.2, -0.15) is 0 Å². The number of aryl methyl sites for hydroxylation is 2. The molecule has 0 N–H and O–H groups in total. The molecule has 0 radical (unpaired) electrons. The van der Waals surface area contributed by atoms with Crippen molar-refractivity contribution in [3.05, 3.63) is 111 Å². The molecule has 3 aromatic rings. The van der Waals surface area contributed by atoms with Crippen molar-refractivity contribution in [2.24, 2.45) is 0 Å². The first kappa shape index (κ1) is 32.3. The first-order valence-corrected chi connectivity index (χ1v) is 18.3. The molecule has 4 rings (SSSR count). The van der Waals surface area contributed by atoms with Crippen molar-refractivity contribution in [2.45, 2.75) is 126 Å². The van der Waals surface area contributed by atoms with Gasteiger partial charge in [-0.25, -0.2) is 0 Å². The van der Waals surface area contributed by atoms with Gasteiger partial charge in [-0.1, -0.05) is 145 Å². The van der Waals surface area contributed by atoms with Crippen LogP contribution in [0.25, 0.3) is 0 Å². The predicted molar refractivity (Wildman–Crippen MR) is 190 cm³/mol. The molecule has 0 nitrogen and oxygen atoms in total. The molecule has 224 valence electrons. The number of hydrogen-bond donors (Lipinski definition) is 0. The van der Waals surface area contributed by atoms with Crippen molar-refractivity contribution in [2.75, 3.05) is 0 Å². The van der Waals surface area contributed by atoms with Crippen molar-refractivity contribution in [1.29, 1.82) is 0 Å². The Hall–Kier alpha value is -2.64. The molecule has 1 heteroatoms. The summed E-state index contributed by atoms with van der Waals surface area (Å²) in [5, 5.41) is 4.53. The average Bonchev–Trinajstić information content (AvgIpc) is 3.10. The van der Waals surface area contributed by atoms with Crippen LogP contribution in [0.1, 0.15) is 140 Å². The summed E-state index contributed by atoms with van der Waals surface area (Å²) >= 11 is 0. The van der Waals surface area contributed by atoms with E-state index < -0.39 is 8.07 Å². The Balaban J connectivity index is 2.37. The number of allylic oxidation sites excluding steroid dienone is 4. The van der Waals surface area contributed by atoms with Gasteiger partial charge >= 0.3 is 0 Å². The van der Waals surface area contributed by atoms with Gasteiger partial charge in [-0.3, -0.25) is 0 Å². The van der Waals surface area contributed by atoms with Crippen LogP contribution in [-0.2, 0) is 0 Å². The van der Waals surface area contributed by atoms with Gasteiger partial charge < -0.3 is 0 Å². The number of benzene rings is 3. The molecule has 0 amide bonds. The fraction of sp³-hybridized carbons (Fsp3) is 0.463. The molecule has 1 aliphatic carbocycles. The van der Waals surface area contributed by atoms with Gasteiger partial charge in [-0.05, 0) is 102 Å². The van der Waals surface area contributed by atoms with Gasteiger partial charge in [0.1, 0.15) is 0 Å². The largest absolute Gasteiger partial charge is 0.161 e. The molecule has 42 heavy (non-hydrogen) atoms. The van der Waals surface area contributed by atoms with E-state index in [0.717, 1.165) is 0 Å². The lowest BCUT2D eigenvalue weighted by Gasteiger charge is -2.48. The first-order chi connectivity index (χ1) is 19.5. The zero-order chi connectivity index (χ0) is 31.3. The highest BCUT2D eigenvalue weighted by Gasteiger charge is 2.56. The molecule has 0 saturated heterocycles. The van der Waals surface area contributed by atoms with Gasteiger partial charge in [0.2, 0.25) is 0 Å². The summed E-state index contributed by atoms with van der Waals surface area (Å²) in [6, 6.07) is 22.9. The quantitative estimate of drug-likeness (QED) is 0.185. The van der Waals surface area contributed by atoms with E-state index in [1.165, 1.54) is 55.3 Å². The molecule has 0 aromatic heterocycles. The number of hydrogen-bond acceptors (Lipinski definition) is 0. The standard InChI is InChI=1S/C41H56Si/c1-25(2)34-18-35(26(3)4)21-39(20-34)42(38-16-29(9)15-30(10)17-38,41(14)24-31(11)32(12)33(41)13)40-22-36(27(5)6)19-37(23-40)28(7)8/h15-28H,1-14H3. The maximum atomic E-state index is 2.66. The Bertz CT molecular complexity index is 1400. The third kappa shape index (κ3) is 5.43. The highest BCUT2D eigenvalue weighted by Crippen LogP contribution is 2.53. The molecule has 0 aliphatic heterocycles. The smallest absolute Gasteiger partial charge is 0.0730 e. The zero-order valence-electron chi connectivity index (χ0n) is 29.1. The maximum absolute atomic E-state index is 2.77. The second-order valence-corrected chi connectivity index (χ2v) is 19.1. The monoisotopic (exact) mass is 576 g/mol. The lowest BCUT2D eigenvalue weighted by molar-refractivity contribution is 0.830. The van der Waals surface area contributed by atoms with Crippen LogP contribution in [-0.4, -0.2) is 8.07 Å². The molecule has 1 atom stereocenters. The van der Waals surface area contributed by atoms with Crippen LogP contribution in [0.5, 0.6) is 0 Å². The molecule has 0 bridgehead atoms. The first-order valence-electron chi connectivity index (χ1n) is 16.3. The Morgan fingerprint density at radius 1 is 0.476 bits per heavy atom. The normalized spacial score (nSPS) is 17.8. The van der Waals surface area contributed by atoms with E-state index in [-0.39, 0.29) is 5.04 Å². The van der Waals surface area contributed by atoms with Crippen LogP contribution in [0.4, 0.5) is 0 Å². The Morgan fingerprint density at radius 2 is 0.810 bits per heavy atom. The van der Waals surface area contributed by atoms with Crippen LogP contribution in [0, 0.1) is 13.8 Å². The Labute approximate surface area is 259 Å². The van der Waals surface area contributed by atoms with Crippen molar-refractivity contribution >= 4 is 23.6 Å². The number of rotatable bonds is 8. The zero-order valence-corrected chi connectivity index (χ0v) is 30.1. The third-order valence-corrected chi connectivity index (χ3v) is 15.9. The molecule has 1 aliphatic rings. The SMILES string of the molecule is CC1=CC(C)([Si](c2cc(C)cc(C)c2)(c2cc(C(C)C)cc(C(C)C)c2)c2cc(C(C)C)cc(C(C)C)c2)C(C)=C1C. The topological polar surface area (TPSA) is 0 Å². The molecule has 0 spiro atoms. The second kappa shape index (κ2) is 11.8.